The summed E-state index contributed by atoms with van der Waals surface area (Å²) in [6.07, 6.45) is -2.58. The van der Waals surface area contributed by atoms with Gasteiger partial charge >= 0.3 is 6.18 Å². The Kier molecular flexibility index (Phi) is 12.6. The van der Waals surface area contributed by atoms with E-state index in [1.54, 1.807) is 66.7 Å². The number of likely N-dealkylation sites (N-methyl/N-ethyl adjacent to an activating group) is 1. The van der Waals surface area contributed by atoms with Crippen LogP contribution in [0, 0.1) is 17.8 Å². The standard InChI is InChI=1S/C51H54ClF4N8O6/c1-7-61-27-50(33-25-57-39(23-37(33)61)51(54,55)56)40(24-49(2,3)4)60(5)44(42(50)32-9-8-10-34(52)43(32)53)46(67)58-35-14-11-28(22-38(35)70-6)47(68)63-19-17-62(18-20-63)30-12-13-31-29(21-30)26-64(48(31)69)36-15-16-41(65)59-45(36)66/h7-14,21-23,25,36,40,42,44H,15-20,24,26-27H2,1-6H3,(H,58,67)(H,59,65,66)/t36-,40-,42-,44+,50-/m0/s1. The number of piperidine rings is 1. The number of rotatable bonds is 9. The van der Waals surface area contributed by atoms with Crippen molar-refractivity contribution in [2.75, 3.05) is 62.0 Å². The van der Waals surface area contributed by atoms with Crippen molar-refractivity contribution in [3.8, 4) is 5.75 Å². The normalized spacial score (nSPS) is 23.8. The topological polar surface area (TPSA) is 148 Å². The minimum atomic E-state index is -4.72. The average molecular weight is 986 g/mol. The molecule has 3 fully saturated rings. The quantitative estimate of drug-likeness (QED) is 0.128. The highest BCUT2D eigenvalue weighted by Crippen LogP contribution is 2.61. The minimum Gasteiger partial charge on any atom is -0.495 e. The van der Waals surface area contributed by atoms with Crippen LogP contribution in [0.2, 0.25) is 5.02 Å². The lowest BCUT2D eigenvalue weighted by Gasteiger charge is -2.41. The number of carbonyl (C=O) groups excluding carboxylic acids is 5. The number of fused-ring (bicyclic) bond motifs is 3. The first kappa shape index (κ1) is 48.7. The third kappa shape index (κ3) is 8.49. The molecule has 0 saturated carbocycles. The Labute approximate surface area is 408 Å². The Morgan fingerprint density at radius 3 is 2.43 bits per heavy atom. The van der Waals surface area contributed by atoms with Gasteiger partial charge in [-0.3, -0.25) is 39.2 Å². The molecular weight excluding hydrogens is 932 g/mol. The number of benzene rings is 3. The molecule has 3 aromatic carbocycles. The van der Waals surface area contributed by atoms with Crippen LogP contribution in [0.1, 0.15) is 96.0 Å². The van der Waals surface area contributed by atoms with Crippen molar-refractivity contribution in [3.05, 3.63) is 118 Å². The van der Waals surface area contributed by atoms with Crippen molar-refractivity contribution in [1.29, 1.82) is 0 Å². The molecule has 5 atom stereocenters. The van der Waals surface area contributed by atoms with Gasteiger partial charge in [0.1, 0.15) is 23.3 Å². The summed E-state index contributed by atoms with van der Waals surface area (Å²) >= 11 is 6.46. The predicted molar refractivity (Wildman–Crippen MR) is 254 cm³/mol. The lowest BCUT2D eigenvalue weighted by Crippen LogP contribution is -2.52. The predicted octanol–water partition coefficient (Wildman–Crippen LogP) is 7.41. The molecule has 0 bridgehead atoms. The number of nitrogens with zero attached hydrogens (tertiary/aromatic N) is 6. The second-order valence-corrected chi connectivity index (χ2v) is 20.4. The van der Waals surface area contributed by atoms with Crippen LogP contribution in [0.4, 0.5) is 34.6 Å². The number of carbonyl (C=O) groups is 5. The van der Waals surface area contributed by atoms with Gasteiger partial charge in [0.25, 0.3) is 11.8 Å². The van der Waals surface area contributed by atoms with Crippen LogP contribution in [0.25, 0.3) is 0 Å². The Hall–Kier alpha value is -6.27. The fourth-order valence-electron chi connectivity index (χ4n) is 11.4. The van der Waals surface area contributed by atoms with E-state index in [4.69, 9.17) is 16.3 Å². The zero-order valence-corrected chi connectivity index (χ0v) is 40.4. The van der Waals surface area contributed by atoms with E-state index in [-0.39, 0.29) is 76.8 Å². The van der Waals surface area contributed by atoms with E-state index < -0.39 is 59.0 Å². The summed E-state index contributed by atoms with van der Waals surface area (Å²) < 4.78 is 64.9. The summed E-state index contributed by atoms with van der Waals surface area (Å²) in [4.78, 5) is 79.5. The van der Waals surface area contributed by atoms with Crippen molar-refractivity contribution in [1.82, 2.24) is 25.0 Å². The van der Waals surface area contributed by atoms with Gasteiger partial charge in [-0.05, 0) is 91.9 Å². The van der Waals surface area contributed by atoms with Crippen LogP contribution in [-0.4, -0.2) is 114 Å². The molecule has 1 aromatic heterocycles. The van der Waals surface area contributed by atoms with Crippen LogP contribution >= 0.6 is 11.6 Å². The molecule has 3 saturated heterocycles. The largest absolute Gasteiger partial charge is 0.495 e. The average Bonchev–Trinajstić information content (AvgIpc) is 3.91. The van der Waals surface area contributed by atoms with Gasteiger partial charge in [0.2, 0.25) is 17.7 Å². The van der Waals surface area contributed by atoms with Gasteiger partial charge in [-0.15, -0.1) is 0 Å². The highest BCUT2D eigenvalue weighted by molar-refractivity contribution is 6.30. The SMILES string of the molecule is C[CH]N1C[C@]2(c3cnc(C(F)(F)F)cc31)[C@H](CC(C)(C)C)N(C)[C@@H](C(=O)Nc1ccc(C(=O)N3CCN(c4ccc5c(c4)CN([C@H]4CCC(=O)NC4=O)C5=O)CC3)cc1OC)[C@@H]2c1cccc(Cl)c1F. The Bertz CT molecular complexity index is 2800. The first-order chi connectivity index (χ1) is 33.1. The molecule has 1 radical (unpaired) electrons. The Balaban J connectivity index is 0.959. The molecule has 4 aromatic rings. The number of nitrogens with one attached hydrogen (secondary N) is 2. The lowest BCUT2D eigenvalue weighted by molar-refractivity contribution is -0.141. The number of imide groups is 1. The van der Waals surface area contributed by atoms with E-state index in [1.807, 2.05) is 37.8 Å². The highest BCUT2D eigenvalue weighted by Gasteiger charge is 2.65. The van der Waals surface area contributed by atoms with Gasteiger partial charge < -0.3 is 29.7 Å². The van der Waals surface area contributed by atoms with E-state index in [0.29, 0.717) is 49.3 Å². The molecule has 5 aliphatic rings. The highest BCUT2D eigenvalue weighted by atomic mass is 35.5. The number of hydrogen-bond acceptors (Lipinski definition) is 10. The van der Waals surface area contributed by atoms with E-state index >= 15 is 9.18 Å². The monoisotopic (exact) mass is 985 g/mol. The molecule has 14 nitrogen and oxygen atoms in total. The molecule has 70 heavy (non-hydrogen) atoms. The van der Waals surface area contributed by atoms with Gasteiger partial charge in [0.05, 0.1) is 23.9 Å². The molecular formula is C51H54ClF4N8O6. The van der Waals surface area contributed by atoms with Crippen molar-refractivity contribution in [3.63, 3.8) is 0 Å². The van der Waals surface area contributed by atoms with Crippen LogP contribution in [0.5, 0.6) is 5.75 Å². The Morgan fingerprint density at radius 1 is 1.01 bits per heavy atom. The van der Waals surface area contributed by atoms with Gasteiger partial charge in [-0.1, -0.05) is 44.5 Å². The van der Waals surface area contributed by atoms with Crippen LogP contribution in [0.15, 0.2) is 66.9 Å². The maximum atomic E-state index is 16.6. The number of aromatic nitrogens is 1. The fraction of sp³-hybridized carbons (Fsp3) is 0.431. The van der Waals surface area contributed by atoms with E-state index in [9.17, 15) is 32.3 Å². The number of alkyl halides is 3. The second kappa shape index (κ2) is 18.2. The van der Waals surface area contributed by atoms with Crippen LogP contribution in [-0.2, 0) is 32.5 Å². The van der Waals surface area contributed by atoms with Crippen molar-refractivity contribution < 1.29 is 46.3 Å². The van der Waals surface area contributed by atoms with Crippen molar-refractivity contribution >= 4 is 58.2 Å². The second-order valence-electron chi connectivity index (χ2n) is 19.9. The molecule has 9 rings (SSSR count). The summed E-state index contributed by atoms with van der Waals surface area (Å²) in [5.74, 6) is -3.38. The summed E-state index contributed by atoms with van der Waals surface area (Å²) in [5, 5.41) is 5.17. The van der Waals surface area contributed by atoms with Gasteiger partial charge in [-0.25, -0.2) is 4.39 Å². The number of methoxy groups -OCH3 is 1. The molecule has 6 heterocycles. The Morgan fingerprint density at radius 2 is 1.76 bits per heavy atom. The first-order valence-corrected chi connectivity index (χ1v) is 23.6. The van der Waals surface area contributed by atoms with Crippen molar-refractivity contribution in [2.24, 2.45) is 5.41 Å². The van der Waals surface area contributed by atoms with E-state index in [2.05, 4.69) is 20.5 Å². The van der Waals surface area contributed by atoms with E-state index in [1.165, 1.54) is 24.3 Å². The summed E-state index contributed by atoms with van der Waals surface area (Å²) in [6.45, 7) is 11.7. The molecule has 1 spiro atoms. The number of ether oxygens (including phenoxy) is 1. The fourth-order valence-corrected chi connectivity index (χ4v) is 11.6. The molecule has 0 unspecified atom stereocenters. The third-order valence-corrected chi connectivity index (χ3v) is 15.0. The van der Waals surface area contributed by atoms with Gasteiger partial charge in [-0.2, -0.15) is 13.2 Å². The molecule has 369 valence electrons. The number of halogens is 5. The van der Waals surface area contributed by atoms with Crippen LogP contribution in [0.3, 0.4) is 0 Å². The maximum absolute atomic E-state index is 16.6. The third-order valence-electron chi connectivity index (χ3n) is 14.7. The number of hydrogen-bond donors (Lipinski definition) is 2. The molecule has 5 amide bonds. The van der Waals surface area contributed by atoms with E-state index in [0.717, 1.165) is 17.3 Å². The number of likely N-dealkylation sites (tertiary alicyclic amines) is 1. The first-order valence-electron chi connectivity index (χ1n) is 23.3. The molecule has 5 aliphatic heterocycles. The minimum absolute atomic E-state index is 0.126. The number of piperazine rings is 1. The van der Waals surface area contributed by atoms with Crippen molar-refractivity contribution in [2.45, 2.75) is 89.1 Å². The summed E-state index contributed by atoms with van der Waals surface area (Å²) in [6, 6.07) is 13.6. The number of amides is 5. The number of pyridine rings is 1. The number of anilines is 3. The molecule has 0 aliphatic carbocycles. The molecule has 19 heteroatoms. The zero-order valence-electron chi connectivity index (χ0n) is 39.6. The zero-order chi connectivity index (χ0) is 50.2. The van der Waals surface area contributed by atoms with Crippen LogP contribution < -0.4 is 25.2 Å². The van der Waals surface area contributed by atoms with Gasteiger partial charge in [0, 0.05) is 104 Å². The summed E-state index contributed by atoms with van der Waals surface area (Å²) in [7, 11) is 3.20. The smallest absolute Gasteiger partial charge is 0.433 e. The lowest BCUT2D eigenvalue weighted by atomic mass is 9.63. The van der Waals surface area contributed by atoms with Gasteiger partial charge in [0.15, 0.2) is 0 Å². The summed E-state index contributed by atoms with van der Waals surface area (Å²) in [5.41, 5.74) is 1.01. The maximum Gasteiger partial charge on any atom is 0.433 e. The molecule has 2 N–H and O–H groups in total.